The molecule has 1 aromatic carbocycles. The molecule has 0 heterocycles. The predicted octanol–water partition coefficient (Wildman–Crippen LogP) is 3.39. The van der Waals surface area contributed by atoms with Crippen molar-refractivity contribution in [2.45, 2.75) is 20.0 Å². The van der Waals surface area contributed by atoms with Gasteiger partial charge >= 0.3 is 0 Å². The molecule has 0 aliphatic heterocycles. The van der Waals surface area contributed by atoms with E-state index in [0.29, 0.717) is 6.61 Å². The van der Waals surface area contributed by atoms with Crippen LogP contribution in [-0.2, 0) is 11.3 Å². The molecule has 0 amide bonds. The Balaban J connectivity index is 2.34. The number of anilines is 1. The average Bonchev–Trinajstić information content (AvgIpc) is 2.31. The van der Waals surface area contributed by atoms with Gasteiger partial charge in [-0.3, -0.25) is 0 Å². The van der Waals surface area contributed by atoms with Gasteiger partial charge in [0.1, 0.15) is 0 Å². The summed E-state index contributed by atoms with van der Waals surface area (Å²) in [4.78, 5) is 0. The highest BCUT2D eigenvalue weighted by Crippen LogP contribution is 2.15. The lowest BCUT2D eigenvalue weighted by Gasteiger charge is -2.11. The molecule has 2 nitrogen and oxygen atoms in total. The maximum absolute atomic E-state index is 5.17. The highest BCUT2D eigenvalue weighted by Gasteiger charge is 1.99. The summed E-state index contributed by atoms with van der Waals surface area (Å²) < 4.78 is 5.17. The number of ether oxygens (including phenoxy) is 1. The van der Waals surface area contributed by atoms with E-state index in [-0.39, 0.29) is 0 Å². The predicted molar refractivity (Wildman–Crippen MR) is 73.3 cm³/mol. The molecule has 0 saturated heterocycles. The monoisotopic (exact) mass is 239 g/mol. The Morgan fingerprint density at radius 1 is 1.31 bits per heavy atom. The van der Waals surface area contributed by atoms with Crippen LogP contribution in [0.3, 0.4) is 0 Å². The van der Waals surface area contributed by atoms with Gasteiger partial charge in [0.15, 0.2) is 0 Å². The molecule has 1 N–H and O–H groups in total. The Hall–Kier alpha value is -0.670. The summed E-state index contributed by atoms with van der Waals surface area (Å²) in [6.07, 6.45) is 1.21. The van der Waals surface area contributed by atoms with Gasteiger partial charge in [0.2, 0.25) is 0 Å². The van der Waals surface area contributed by atoms with Crippen LogP contribution in [0.2, 0.25) is 0 Å². The van der Waals surface area contributed by atoms with Crippen molar-refractivity contribution in [3.05, 3.63) is 29.8 Å². The lowest BCUT2D eigenvalue weighted by molar-refractivity contribution is 0.185. The zero-order valence-corrected chi connectivity index (χ0v) is 11.0. The molecular formula is C13H21NOS. The first kappa shape index (κ1) is 13.4. The number of para-hydroxylation sites is 1. The van der Waals surface area contributed by atoms with Crippen molar-refractivity contribution in [1.82, 2.24) is 0 Å². The Morgan fingerprint density at radius 3 is 2.88 bits per heavy atom. The quantitative estimate of drug-likeness (QED) is 0.703. The first-order valence-corrected chi connectivity index (χ1v) is 6.92. The van der Waals surface area contributed by atoms with Crippen LogP contribution in [0.25, 0.3) is 0 Å². The van der Waals surface area contributed by atoms with Crippen molar-refractivity contribution in [1.29, 1.82) is 0 Å². The number of hydrogen-bond donors (Lipinski definition) is 1. The first-order valence-electron chi connectivity index (χ1n) is 5.77. The number of hydrogen-bond acceptors (Lipinski definition) is 3. The summed E-state index contributed by atoms with van der Waals surface area (Å²) in [5, 5.41) is 3.46. The smallest absolute Gasteiger partial charge is 0.0733 e. The number of thioether (sulfide) groups is 1. The van der Waals surface area contributed by atoms with Crippen molar-refractivity contribution >= 4 is 17.4 Å². The fraction of sp³-hybridized carbons (Fsp3) is 0.538. The van der Waals surface area contributed by atoms with E-state index in [1.807, 2.05) is 17.8 Å². The topological polar surface area (TPSA) is 21.3 Å². The minimum atomic E-state index is 0.673. The van der Waals surface area contributed by atoms with E-state index >= 15 is 0 Å². The Bertz CT molecular complexity index is 291. The zero-order valence-electron chi connectivity index (χ0n) is 10.2. The van der Waals surface area contributed by atoms with Crippen molar-refractivity contribution in [3.8, 4) is 0 Å². The van der Waals surface area contributed by atoms with Gasteiger partial charge in [-0.05, 0) is 24.0 Å². The normalized spacial score (nSPS) is 10.4. The van der Waals surface area contributed by atoms with E-state index in [0.717, 1.165) is 6.54 Å². The highest BCUT2D eigenvalue weighted by molar-refractivity contribution is 7.99. The first-order chi connectivity index (χ1) is 7.88. The van der Waals surface area contributed by atoms with Gasteiger partial charge < -0.3 is 10.1 Å². The number of methoxy groups -OCH3 is 1. The van der Waals surface area contributed by atoms with Crippen LogP contribution >= 0.6 is 11.8 Å². The molecule has 0 spiro atoms. The van der Waals surface area contributed by atoms with Gasteiger partial charge in [0.25, 0.3) is 0 Å². The molecule has 0 radical (unpaired) electrons. The minimum Gasteiger partial charge on any atom is -0.385 e. The second kappa shape index (κ2) is 8.48. The number of nitrogens with one attached hydrogen (secondary N) is 1. The largest absolute Gasteiger partial charge is 0.385 e. The minimum absolute atomic E-state index is 0.673. The Kier molecular flexibility index (Phi) is 7.10. The summed E-state index contributed by atoms with van der Waals surface area (Å²) in [7, 11) is 1.73. The van der Waals surface area contributed by atoms with Crippen molar-refractivity contribution < 1.29 is 4.74 Å². The van der Waals surface area contributed by atoms with Crippen LogP contribution in [-0.4, -0.2) is 25.2 Å². The second-order valence-electron chi connectivity index (χ2n) is 3.57. The fourth-order valence-electron chi connectivity index (χ4n) is 1.52. The van der Waals surface area contributed by atoms with Gasteiger partial charge in [0.05, 0.1) is 6.61 Å². The number of rotatable bonds is 8. The second-order valence-corrected chi connectivity index (χ2v) is 4.96. The van der Waals surface area contributed by atoms with E-state index < -0.39 is 0 Å². The van der Waals surface area contributed by atoms with E-state index in [1.165, 1.54) is 29.2 Å². The molecule has 0 saturated carbocycles. The summed E-state index contributed by atoms with van der Waals surface area (Å²) in [6.45, 7) is 3.91. The fourth-order valence-corrected chi connectivity index (χ4v) is 2.15. The highest BCUT2D eigenvalue weighted by atomic mass is 32.2. The van der Waals surface area contributed by atoms with Gasteiger partial charge in [-0.1, -0.05) is 25.1 Å². The summed E-state index contributed by atoms with van der Waals surface area (Å²) in [5.74, 6) is 2.44. The molecule has 3 heteroatoms. The maximum Gasteiger partial charge on any atom is 0.0733 e. The lowest BCUT2D eigenvalue weighted by Crippen LogP contribution is -2.05. The van der Waals surface area contributed by atoms with Crippen LogP contribution in [0, 0.1) is 0 Å². The summed E-state index contributed by atoms with van der Waals surface area (Å²) in [5.41, 5.74) is 2.43. The van der Waals surface area contributed by atoms with Gasteiger partial charge in [-0.15, -0.1) is 0 Å². The Morgan fingerprint density at radius 2 is 2.12 bits per heavy atom. The number of benzene rings is 1. The molecule has 0 atom stereocenters. The molecule has 90 valence electrons. The standard InChI is InChI=1S/C13H21NOS/c1-3-16-10-6-9-14-13-8-5-4-7-12(13)11-15-2/h4-5,7-8,14H,3,6,9-11H2,1-2H3. The van der Waals surface area contributed by atoms with Gasteiger partial charge in [0, 0.05) is 24.9 Å². The third-order valence-corrected chi connectivity index (χ3v) is 3.29. The third-order valence-electron chi connectivity index (χ3n) is 2.30. The van der Waals surface area contributed by atoms with Crippen molar-refractivity contribution in [2.75, 3.05) is 30.5 Å². The lowest BCUT2D eigenvalue weighted by atomic mass is 10.2. The van der Waals surface area contributed by atoms with Gasteiger partial charge in [-0.25, -0.2) is 0 Å². The third kappa shape index (κ3) is 4.90. The van der Waals surface area contributed by atoms with Crippen LogP contribution in [0.15, 0.2) is 24.3 Å². The molecular weight excluding hydrogens is 218 g/mol. The molecule has 0 bridgehead atoms. The van der Waals surface area contributed by atoms with Crippen LogP contribution < -0.4 is 5.32 Å². The molecule has 0 fully saturated rings. The van der Waals surface area contributed by atoms with Crippen LogP contribution in [0.5, 0.6) is 0 Å². The average molecular weight is 239 g/mol. The van der Waals surface area contributed by atoms with E-state index in [9.17, 15) is 0 Å². The summed E-state index contributed by atoms with van der Waals surface area (Å²) in [6, 6.07) is 8.32. The molecule has 0 aromatic heterocycles. The van der Waals surface area contributed by atoms with E-state index in [1.54, 1.807) is 7.11 Å². The molecule has 1 rings (SSSR count). The van der Waals surface area contributed by atoms with E-state index in [4.69, 9.17) is 4.74 Å². The summed E-state index contributed by atoms with van der Waals surface area (Å²) >= 11 is 1.99. The van der Waals surface area contributed by atoms with Crippen LogP contribution in [0.4, 0.5) is 5.69 Å². The van der Waals surface area contributed by atoms with Crippen molar-refractivity contribution in [2.24, 2.45) is 0 Å². The molecule has 1 aromatic rings. The SMILES string of the molecule is CCSCCCNc1ccccc1COC. The van der Waals surface area contributed by atoms with E-state index in [2.05, 4.69) is 30.4 Å². The maximum atomic E-state index is 5.17. The zero-order chi connectivity index (χ0) is 11.6. The molecule has 16 heavy (non-hydrogen) atoms. The van der Waals surface area contributed by atoms with Gasteiger partial charge in [-0.2, -0.15) is 11.8 Å². The van der Waals surface area contributed by atoms with Crippen molar-refractivity contribution in [3.63, 3.8) is 0 Å². The molecule has 0 unspecified atom stereocenters. The molecule has 0 aliphatic rings. The van der Waals surface area contributed by atoms with Crippen LogP contribution in [0.1, 0.15) is 18.9 Å². The molecule has 0 aliphatic carbocycles. The Labute approximate surface area is 103 Å².